The highest BCUT2D eigenvalue weighted by Crippen LogP contribution is 2.44. The lowest BCUT2D eigenvalue weighted by Gasteiger charge is -1.95. The molecule has 3 nitrogen and oxygen atoms in total. The van der Waals surface area contributed by atoms with Crippen molar-refractivity contribution in [2.45, 2.75) is 18.8 Å². The fourth-order valence-electron chi connectivity index (χ4n) is 1.37. The molecule has 2 rings (SSSR count). The van der Waals surface area contributed by atoms with E-state index in [9.17, 15) is 4.79 Å². The third kappa shape index (κ3) is 1.31. The minimum Gasteiger partial charge on any atom is -0.478 e. The Morgan fingerprint density at radius 3 is 2.85 bits per heavy atom. The summed E-state index contributed by atoms with van der Waals surface area (Å²) >= 11 is 1.23. The largest absolute Gasteiger partial charge is 0.478 e. The lowest BCUT2D eigenvalue weighted by atomic mass is 10.1. The molecule has 0 spiro atoms. The molecule has 0 amide bonds. The van der Waals surface area contributed by atoms with E-state index in [1.165, 1.54) is 11.3 Å². The van der Waals surface area contributed by atoms with Crippen molar-refractivity contribution in [1.82, 2.24) is 0 Å². The summed E-state index contributed by atoms with van der Waals surface area (Å²) in [5, 5.41) is 19.4. The fourth-order valence-corrected chi connectivity index (χ4v) is 2.30. The summed E-state index contributed by atoms with van der Waals surface area (Å²) in [6.45, 7) is 0. The molecular formula is C9H7NO2S. The SMILES string of the molecule is N#Cc1scc(C2CC2)c1C(=O)O. The number of carbonyl (C=O) groups is 1. The van der Waals surface area contributed by atoms with Crippen molar-refractivity contribution in [2.75, 3.05) is 0 Å². The number of thiophene rings is 1. The van der Waals surface area contributed by atoms with Crippen LogP contribution in [0.25, 0.3) is 0 Å². The van der Waals surface area contributed by atoms with E-state index >= 15 is 0 Å². The van der Waals surface area contributed by atoms with E-state index < -0.39 is 5.97 Å². The average Bonchev–Trinajstić information content (AvgIpc) is 2.84. The monoisotopic (exact) mass is 193 g/mol. The number of nitrogens with zero attached hydrogens (tertiary/aromatic N) is 1. The van der Waals surface area contributed by atoms with Crippen molar-refractivity contribution in [1.29, 1.82) is 5.26 Å². The van der Waals surface area contributed by atoms with Gasteiger partial charge >= 0.3 is 5.97 Å². The van der Waals surface area contributed by atoms with Crippen molar-refractivity contribution in [3.63, 3.8) is 0 Å². The molecule has 0 radical (unpaired) electrons. The molecule has 0 aromatic carbocycles. The van der Waals surface area contributed by atoms with Crippen LogP contribution in [0.2, 0.25) is 0 Å². The van der Waals surface area contributed by atoms with Gasteiger partial charge < -0.3 is 5.11 Å². The first-order valence-electron chi connectivity index (χ1n) is 3.99. The molecule has 1 fully saturated rings. The van der Waals surface area contributed by atoms with Crippen LogP contribution in [0.5, 0.6) is 0 Å². The normalized spacial score (nSPS) is 15.3. The number of hydrogen-bond acceptors (Lipinski definition) is 3. The van der Waals surface area contributed by atoms with E-state index in [1.54, 1.807) is 5.38 Å². The van der Waals surface area contributed by atoms with Gasteiger partial charge in [0.15, 0.2) is 0 Å². The second-order valence-corrected chi connectivity index (χ2v) is 3.97. The van der Waals surface area contributed by atoms with Crippen molar-refractivity contribution in [2.24, 2.45) is 0 Å². The summed E-state index contributed by atoms with van der Waals surface area (Å²) in [6.07, 6.45) is 2.11. The van der Waals surface area contributed by atoms with Crippen LogP contribution in [0.4, 0.5) is 0 Å². The van der Waals surface area contributed by atoms with E-state index in [-0.39, 0.29) is 5.56 Å². The van der Waals surface area contributed by atoms with Crippen LogP contribution in [0.1, 0.15) is 39.6 Å². The van der Waals surface area contributed by atoms with Crippen LogP contribution in [-0.4, -0.2) is 11.1 Å². The molecule has 1 saturated carbocycles. The molecule has 0 aliphatic heterocycles. The van der Waals surface area contributed by atoms with E-state index in [0.29, 0.717) is 10.8 Å². The molecule has 1 aromatic rings. The minimum absolute atomic E-state index is 0.231. The van der Waals surface area contributed by atoms with Gasteiger partial charge in [0.05, 0.1) is 5.56 Å². The highest BCUT2D eigenvalue weighted by atomic mass is 32.1. The van der Waals surface area contributed by atoms with Crippen LogP contribution in [0.3, 0.4) is 0 Å². The maximum Gasteiger partial charge on any atom is 0.338 e. The fraction of sp³-hybridized carbons (Fsp3) is 0.333. The van der Waals surface area contributed by atoms with Gasteiger partial charge in [-0.3, -0.25) is 0 Å². The van der Waals surface area contributed by atoms with Gasteiger partial charge in [-0.25, -0.2) is 4.79 Å². The van der Waals surface area contributed by atoms with Gasteiger partial charge in [-0.05, 0) is 29.7 Å². The minimum atomic E-state index is -0.972. The molecule has 1 aliphatic carbocycles. The average molecular weight is 193 g/mol. The molecule has 1 heterocycles. The van der Waals surface area contributed by atoms with Crippen molar-refractivity contribution in [3.05, 3.63) is 21.4 Å². The van der Waals surface area contributed by atoms with Gasteiger partial charge in [-0.2, -0.15) is 5.26 Å². The van der Waals surface area contributed by atoms with Gasteiger partial charge in [0.1, 0.15) is 10.9 Å². The molecule has 66 valence electrons. The molecule has 1 aromatic heterocycles. The van der Waals surface area contributed by atoms with E-state index in [0.717, 1.165) is 18.4 Å². The first-order valence-corrected chi connectivity index (χ1v) is 4.86. The molecule has 0 bridgehead atoms. The number of carboxylic acid groups (broad SMARTS) is 1. The van der Waals surface area contributed by atoms with E-state index in [1.807, 2.05) is 6.07 Å². The molecule has 4 heteroatoms. The van der Waals surface area contributed by atoms with Crippen LogP contribution < -0.4 is 0 Å². The van der Waals surface area contributed by atoms with Crippen molar-refractivity contribution < 1.29 is 9.90 Å². The highest BCUT2D eigenvalue weighted by Gasteiger charge is 2.30. The Labute approximate surface area is 79.2 Å². The predicted octanol–water partition coefficient (Wildman–Crippen LogP) is 2.20. The van der Waals surface area contributed by atoms with E-state index in [4.69, 9.17) is 10.4 Å². The molecule has 0 saturated heterocycles. The first kappa shape index (κ1) is 8.27. The van der Waals surface area contributed by atoms with Gasteiger partial charge in [0.2, 0.25) is 0 Å². The van der Waals surface area contributed by atoms with Gasteiger partial charge in [-0.1, -0.05) is 0 Å². The summed E-state index contributed by atoms with van der Waals surface area (Å²) in [6, 6.07) is 1.92. The number of aromatic carboxylic acids is 1. The summed E-state index contributed by atoms with van der Waals surface area (Å²) in [5.74, 6) is -0.579. The van der Waals surface area contributed by atoms with Crippen molar-refractivity contribution >= 4 is 17.3 Å². The van der Waals surface area contributed by atoms with Gasteiger partial charge in [-0.15, -0.1) is 11.3 Å². The third-order valence-corrected chi connectivity index (χ3v) is 3.05. The van der Waals surface area contributed by atoms with Crippen molar-refractivity contribution in [3.8, 4) is 6.07 Å². The maximum atomic E-state index is 10.9. The highest BCUT2D eigenvalue weighted by molar-refractivity contribution is 7.11. The molecule has 0 unspecified atom stereocenters. The van der Waals surface area contributed by atoms with Crippen LogP contribution in [0, 0.1) is 11.3 Å². The van der Waals surface area contributed by atoms with Crippen LogP contribution in [-0.2, 0) is 0 Å². The summed E-state index contributed by atoms with van der Waals surface area (Å²) in [5.41, 5.74) is 1.09. The zero-order valence-electron chi connectivity index (χ0n) is 6.78. The second-order valence-electron chi connectivity index (χ2n) is 3.09. The number of rotatable bonds is 2. The molecule has 13 heavy (non-hydrogen) atoms. The van der Waals surface area contributed by atoms with Crippen LogP contribution >= 0.6 is 11.3 Å². The Morgan fingerprint density at radius 1 is 1.69 bits per heavy atom. The number of carboxylic acids is 1. The smallest absolute Gasteiger partial charge is 0.338 e. The number of hydrogen-bond donors (Lipinski definition) is 1. The topological polar surface area (TPSA) is 61.1 Å². The lowest BCUT2D eigenvalue weighted by molar-refractivity contribution is 0.0696. The summed E-state index contributed by atoms with van der Waals surface area (Å²) < 4.78 is 0. The quantitative estimate of drug-likeness (QED) is 0.783. The zero-order valence-corrected chi connectivity index (χ0v) is 7.60. The standard InChI is InChI=1S/C9H7NO2S/c10-3-7-8(9(11)12)6(4-13-7)5-1-2-5/h4-5H,1-2H2,(H,11,12). The van der Waals surface area contributed by atoms with E-state index in [2.05, 4.69) is 0 Å². The lowest BCUT2D eigenvalue weighted by Crippen LogP contribution is -2.00. The molecular weight excluding hydrogens is 186 g/mol. The maximum absolute atomic E-state index is 10.9. The second kappa shape index (κ2) is 2.86. The molecule has 1 aliphatic rings. The molecule has 0 atom stereocenters. The van der Waals surface area contributed by atoms with Gasteiger partial charge in [0.25, 0.3) is 0 Å². The Morgan fingerprint density at radius 2 is 2.38 bits per heavy atom. The number of nitriles is 1. The first-order chi connectivity index (χ1) is 6.24. The zero-order chi connectivity index (χ0) is 9.42. The third-order valence-electron chi connectivity index (χ3n) is 2.15. The Hall–Kier alpha value is -1.34. The Kier molecular flexibility index (Phi) is 1.82. The predicted molar refractivity (Wildman–Crippen MR) is 48.0 cm³/mol. The summed E-state index contributed by atoms with van der Waals surface area (Å²) in [4.78, 5) is 11.2. The Balaban J connectivity index is 2.51. The Bertz CT molecular complexity index is 398. The van der Waals surface area contributed by atoms with Crippen LogP contribution in [0.15, 0.2) is 5.38 Å². The summed E-state index contributed by atoms with van der Waals surface area (Å²) in [7, 11) is 0. The molecule has 1 N–H and O–H groups in total. The van der Waals surface area contributed by atoms with Gasteiger partial charge in [0, 0.05) is 0 Å².